The van der Waals surface area contributed by atoms with Crippen LogP contribution in [0.4, 0.5) is 5.69 Å². The van der Waals surface area contributed by atoms with Crippen LogP contribution in [0.1, 0.15) is 24.5 Å². The third kappa shape index (κ3) is 6.90. The van der Waals surface area contributed by atoms with Gasteiger partial charge in [-0.05, 0) is 54.0 Å². The highest BCUT2D eigenvalue weighted by Gasteiger charge is 2.12. The number of nitrogens with one attached hydrogen (secondary N) is 2. The Labute approximate surface area is 174 Å². The van der Waals surface area contributed by atoms with E-state index in [2.05, 4.69) is 10.6 Å². The molecular formula is C22H23N3O5. The summed E-state index contributed by atoms with van der Waals surface area (Å²) in [4.78, 5) is 35.0. The fourth-order valence-electron chi connectivity index (χ4n) is 2.41. The standard InChI is InChI=1S/C22H23N3O5/c1-3-14-23-22(27)20(15-17-4-9-18(10-5-17)25(28)29)24-21(26)13-8-16-6-11-19(30-2)12-7-16/h4-13,15H,3,14H2,1-2H3,(H,23,27)(H,24,26)/b13-8+,20-15-. The molecule has 0 spiro atoms. The molecule has 0 aliphatic rings. The van der Waals surface area contributed by atoms with Crippen LogP contribution in [0.3, 0.4) is 0 Å². The van der Waals surface area contributed by atoms with E-state index in [1.807, 2.05) is 6.92 Å². The van der Waals surface area contributed by atoms with Gasteiger partial charge < -0.3 is 15.4 Å². The SMILES string of the molecule is CCCNC(=O)/C(=C/c1ccc([N+](=O)[O-])cc1)NC(=O)/C=C/c1ccc(OC)cc1. The summed E-state index contributed by atoms with van der Waals surface area (Å²) in [6.07, 6.45) is 5.14. The van der Waals surface area contributed by atoms with Gasteiger partial charge in [0.2, 0.25) is 5.91 Å². The molecule has 30 heavy (non-hydrogen) atoms. The molecule has 0 aliphatic carbocycles. The molecular weight excluding hydrogens is 386 g/mol. The lowest BCUT2D eigenvalue weighted by atomic mass is 10.1. The summed E-state index contributed by atoms with van der Waals surface area (Å²) in [5.74, 6) is -0.218. The van der Waals surface area contributed by atoms with Crippen molar-refractivity contribution < 1.29 is 19.2 Å². The highest BCUT2D eigenvalue weighted by Crippen LogP contribution is 2.14. The van der Waals surface area contributed by atoms with E-state index in [0.717, 1.165) is 12.0 Å². The second kappa shape index (κ2) is 11.2. The van der Waals surface area contributed by atoms with Gasteiger partial charge in [-0.3, -0.25) is 19.7 Å². The van der Waals surface area contributed by atoms with E-state index in [1.165, 1.54) is 36.4 Å². The van der Waals surface area contributed by atoms with Crippen LogP contribution in [0.2, 0.25) is 0 Å². The first kappa shape index (κ1) is 22.4. The molecule has 0 atom stereocenters. The lowest BCUT2D eigenvalue weighted by molar-refractivity contribution is -0.384. The molecule has 2 amide bonds. The molecule has 0 heterocycles. The number of rotatable bonds is 9. The number of nitro groups is 1. The number of ether oxygens (including phenoxy) is 1. The molecule has 156 valence electrons. The maximum absolute atomic E-state index is 12.4. The lowest BCUT2D eigenvalue weighted by Gasteiger charge is -2.09. The Bertz CT molecular complexity index is 948. The monoisotopic (exact) mass is 409 g/mol. The first-order valence-electron chi connectivity index (χ1n) is 9.30. The summed E-state index contributed by atoms with van der Waals surface area (Å²) in [5.41, 5.74) is 1.32. The third-order valence-electron chi connectivity index (χ3n) is 4.00. The average Bonchev–Trinajstić information content (AvgIpc) is 2.76. The van der Waals surface area contributed by atoms with Gasteiger partial charge in [-0.1, -0.05) is 19.1 Å². The minimum absolute atomic E-state index is 0.0432. The van der Waals surface area contributed by atoms with E-state index in [4.69, 9.17) is 4.74 Å². The van der Waals surface area contributed by atoms with Crippen LogP contribution in [0, 0.1) is 10.1 Å². The van der Waals surface area contributed by atoms with Gasteiger partial charge in [-0.25, -0.2) is 0 Å². The van der Waals surface area contributed by atoms with Gasteiger partial charge in [0.05, 0.1) is 12.0 Å². The largest absolute Gasteiger partial charge is 0.497 e. The molecule has 2 N–H and O–H groups in total. The van der Waals surface area contributed by atoms with Crippen molar-refractivity contribution in [1.82, 2.24) is 10.6 Å². The Kier molecular flexibility index (Phi) is 8.31. The number of methoxy groups -OCH3 is 1. The molecule has 0 aromatic heterocycles. The van der Waals surface area contributed by atoms with Gasteiger partial charge in [0.1, 0.15) is 11.4 Å². The normalized spacial score (nSPS) is 11.2. The fourth-order valence-corrected chi connectivity index (χ4v) is 2.41. The Balaban J connectivity index is 2.16. The second-order valence-electron chi connectivity index (χ2n) is 6.26. The van der Waals surface area contributed by atoms with Crippen molar-refractivity contribution in [3.63, 3.8) is 0 Å². The van der Waals surface area contributed by atoms with Gasteiger partial charge in [0, 0.05) is 24.8 Å². The summed E-state index contributed by atoms with van der Waals surface area (Å²) in [5, 5.41) is 16.1. The molecule has 0 aliphatic heterocycles. The van der Waals surface area contributed by atoms with Crippen LogP contribution in [-0.2, 0) is 9.59 Å². The summed E-state index contributed by atoms with van der Waals surface area (Å²) < 4.78 is 5.09. The molecule has 0 unspecified atom stereocenters. The van der Waals surface area contributed by atoms with E-state index in [0.29, 0.717) is 17.9 Å². The van der Waals surface area contributed by atoms with Crippen LogP contribution < -0.4 is 15.4 Å². The van der Waals surface area contributed by atoms with E-state index in [-0.39, 0.29) is 11.4 Å². The van der Waals surface area contributed by atoms with Crippen LogP contribution in [-0.4, -0.2) is 30.4 Å². The topological polar surface area (TPSA) is 111 Å². The Morgan fingerprint density at radius 3 is 2.27 bits per heavy atom. The molecule has 8 heteroatoms. The zero-order chi connectivity index (χ0) is 21.9. The molecule has 0 fully saturated rings. The Morgan fingerprint density at radius 1 is 1.07 bits per heavy atom. The van der Waals surface area contributed by atoms with Crippen molar-refractivity contribution in [1.29, 1.82) is 0 Å². The minimum atomic E-state index is -0.506. The number of carbonyl (C=O) groups is 2. The summed E-state index contributed by atoms with van der Waals surface area (Å²) >= 11 is 0. The molecule has 0 bridgehead atoms. The van der Waals surface area contributed by atoms with Crippen molar-refractivity contribution in [3.05, 3.63) is 81.5 Å². The number of amides is 2. The number of benzene rings is 2. The zero-order valence-electron chi connectivity index (χ0n) is 16.8. The Hall–Kier alpha value is -3.94. The van der Waals surface area contributed by atoms with Gasteiger partial charge in [-0.2, -0.15) is 0 Å². The van der Waals surface area contributed by atoms with Crippen molar-refractivity contribution in [2.45, 2.75) is 13.3 Å². The molecule has 0 radical (unpaired) electrons. The van der Waals surface area contributed by atoms with E-state index >= 15 is 0 Å². The number of nitro benzene ring substituents is 1. The quantitative estimate of drug-likeness (QED) is 0.375. The van der Waals surface area contributed by atoms with E-state index in [1.54, 1.807) is 37.5 Å². The maximum Gasteiger partial charge on any atom is 0.269 e. The second-order valence-corrected chi connectivity index (χ2v) is 6.26. The van der Waals surface area contributed by atoms with Crippen LogP contribution >= 0.6 is 0 Å². The highest BCUT2D eigenvalue weighted by molar-refractivity contribution is 6.04. The first-order valence-corrected chi connectivity index (χ1v) is 9.30. The fraction of sp³-hybridized carbons (Fsp3) is 0.182. The lowest BCUT2D eigenvalue weighted by Crippen LogP contribution is -2.34. The molecule has 2 rings (SSSR count). The van der Waals surface area contributed by atoms with Crippen LogP contribution in [0.25, 0.3) is 12.2 Å². The maximum atomic E-state index is 12.4. The van der Waals surface area contributed by atoms with E-state index < -0.39 is 16.7 Å². The van der Waals surface area contributed by atoms with Gasteiger partial charge >= 0.3 is 0 Å². The predicted octanol–water partition coefficient (Wildman–Crippen LogP) is 3.30. The molecule has 8 nitrogen and oxygen atoms in total. The van der Waals surface area contributed by atoms with Crippen molar-refractivity contribution in [2.24, 2.45) is 0 Å². The number of non-ortho nitro benzene ring substituents is 1. The highest BCUT2D eigenvalue weighted by atomic mass is 16.6. The zero-order valence-corrected chi connectivity index (χ0v) is 16.8. The summed E-state index contributed by atoms with van der Waals surface area (Å²) in [7, 11) is 1.57. The smallest absolute Gasteiger partial charge is 0.269 e. The van der Waals surface area contributed by atoms with Gasteiger partial charge in [0.15, 0.2) is 0 Å². The number of nitrogens with zero attached hydrogens (tertiary/aromatic N) is 1. The molecule has 0 saturated carbocycles. The Morgan fingerprint density at radius 2 is 1.70 bits per heavy atom. The minimum Gasteiger partial charge on any atom is -0.497 e. The van der Waals surface area contributed by atoms with Crippen molar-refractivity contribution >= 4 is 29.7 Å². The van der Waals surface area contributed by atoms with Gasteiger partial charge in [-0.15, -0.1) is 0 Å². The molecule has 2 aromatic rings. The number of carbonyl (C=O) groups excluding carboxylic acids is 2. The average molecular weight is 409 g/mol. The number of hydrogen-bond acceptors (Lipinski definition) is 5. The van der Waals surface area contributed by atoms with Crippen LogP contribution in [0.15, 0.2) is 60.3 Å². The summed E-state index contributed by atoms with van der Waals surface area (Å²) in [6.45, 7) is 2.37. The first-order chi connectivity index (χ1) is 14.4. The van der Waals surface area contributed by atoms with Gasteiger partial charge in [0.25, 0.3) is 11.6 Å². The summed E-state index contributed by atoms with van der Waals surface area (Å²) in [6, 6.07) is 12.8. The van der Waals surface area contributed by atoms with Crippen molar-refractivity contribution in [3.8, 4) is 5.75 Å². The van der Waals surface area contributed by atoms with Crippen LogP contribution in [0.5, 0.6) is 5.75 Å². The number of hydrogen-bond donors (Lipinski definition) is 2. The predicted molar refractivity (Wildman–Crippen MR) is 115 cm³/mol. The molecule has 0 saturated heterocycles. The molecule has 2 aromatic carbocycles. The van der Waals surface area contributed by atoms with Crippen molar-refractivity contribution in [2.75, 3.05) is 13.7 Å². The van der Waals surface area contributed by atoms with E-state index in [9.17, 15) is 19.7 Å². The third-order valence-corrected chi connectivity index (χ3v) is 4.00.